The first-order valence-corrected chi connectivity index (χ1v) is 5.43. The van der Waals surface area contributed by atoms with E-state index >= 15 is 0 Å². The van der Waals surface area contributed by atoms with E-state index in [1.807, 2.05) is 13.8 Å². The Hall–Kier alpha value is -1.84. The number of anilines is 1. The summed E-state index contributed by atoms with van der Waals surface area (Å²) < 4.78 is 4.64. The van der Waals surface area contributed by atoms with Crippen LogP contribution in [-0.4, -0.2) is 26.0 Å². The third-order valence-corrected chi connectivity index (χ3v) is 2.48. The molecule has 0 radical (unpaired) electrons. The summed E-state index contributed by atoms with van der Waals surface area (Å²) in [5.41, 5.74) is 1.13. The van der Waals surface area contributed by atoms with Gasteiger partial charge in [0.1, 0.15) is 0 Å². The summed E-state index contributed by atoms with van der Waals surface area (Å²) in [5, 5.41) is 0. The van der Waals surface area contributed by atoms with Crippen LogP contribution in [0.25, 0.3) is 0 Å². The minimum Gasteiger partial charge on any atom is -0.465 e. The van der Waals surface area contributed by atoms with Gasteiger partial charge in [-0.2, -0.15) is 0 Å². The smallest absolute Gasteiger partial charge is 0.337 e. The van der Waals surface area contributed by atoms with Gasteiger partial charge in [0, 0.05) is 18.7 Å². The fourth-order valence-electron chi connectivity index (χ4n) is 1.47. The molecule has 0 aromatic heterocycles. The summed E-state index contributed by atoms with van der Waals surface area (Å²) >= 11 is 0. The van der Waals surface area contributed by atoms with Gasteiger partial charge >= 0.3 is 5.97 Å². The van der Waals surface area contributed by atoms with Gasteiger partial charge in [-0.3, -0.25) is 4.79 Å². The highest BCUT2D eigenvalue weighted by Gasteiger charge is 2.15. The van der Waals surface area contributed by atoms with E-state index < -0.39 is 5.97 Å². The van der Waals surface area contributed by atoms with Crippen molar-refractivity contribution in [3.8, 4) is 0 Å². The molecule has 1 aromatic carbocycles. The van der Waals surface area contributed by atoms with Crippen molar-refractivity contribution in [3.05, 3.63) is 29.8 Å². The van der Waals surface area contributed by atoms with E-state index in [2.05, 4.69) is 4.74 Å². The first kappa shape index (κ1) is 13.2. The molecule has 1 rings (SSSR count). The average Bonchev–Trinajstić information content (AvgIpc) is 2.36. The lowest BCUT2D eigenvalue weighted by atomic mass is 10.1. The molecule has 4 heteroatoms. The quantitative estimate of drug-likeness (QED) is 0.754. The maximum absolute atomic E-state index is 11.8. The highest BCUT2D eigenvalue weighted by Crippen LogP contribution is 2.17. The number of hydrogen-bond donors (Lipinski definition) is 0. The van der Waals surface area contributed by atoms with Crippen LogP contribution in [0, 0.1) is 5.92 Å². The third kappa shape index (κ3) is 3.06. The van der Waals surface area contributed by atoms with Gasteiger partial charge in [-0.1, -0.05) is 19.9 Å². The Kier molecular flexibility index (Phi) is 4.26. The van der Waals surface area contributed by atoms with E-state index in [1.54, 1.807) is 31.3 Å². The topological polar surface area (TPSA) is 46.6 Å². The van der Waals surface area contributed by atoms with Gasteiger partial charge in [0.2, 0.25) is 5.91 Å². The molecule has 0 saturated carbocycles. The Morgan fingerprint density at radius 1 is 1.29 bits per heavy atom. The van der Waals surface area contributed by atoms with Crippen LogP contribution in [0.15, 0.2) is 24.3 Å². The van der Waals surface area contributed by atoms with Crippen LogP contribution in [0.4, 0.5) is 5.69 Å². The molecule has 0 heterocycles. The zero-order valence-electron chi connectivity index (χ0n) is 10.6. The number of benzene rings is 1. The van der Waals surface area contributed by atoms with Crippen LogP contribution in [0.2, 0.25) is 0 Å². The van der Waals surface area contributed by atoms with Crippen molar-refractivity contribution in [1.82, 2.24) is 0 Å². The number of esters is 1. The zero-order chi connectivity index (χ0) is 13.0. The minimum atomic E-state index is -0.405. The molecule has 0 atom stereocenters. The number of carbonyl (C=O) groups excluding carboxylic acids is 2. The SMILES string of the molecule is COC(=O)c1cccc(N(C)C(=O)C(C)C)c1. The summed E-state index contributed by atoms with van der Waals surface area (Å²) in [4.78, 5) is 24.7. The third-order valence-electron chi connectivity index (χ3n) is 2.48. The van der Waals surface area contributed by atoms with Gasteiger partial charge in [0.05, 0.1) is 12.7 Å². The van der Waals surface area contributed by atoms with Crippen molar-refractivity contribution in [1.29, 1.82) is 0 Å². The maximum Gasteiger partial charge on any atom is 0.337 e. The number of rotatable bonds is 3. The van der Waals surface area contributed by atoms with E-state index in [9.17, 15) is 9.59 Å². The maximum atomic E-state index is 11.8. The van der Waals surface area contributed by atoms with Gasteiger partial charge in [-0.25, -0.2) is 4.79 Å². The average molecular weight is 235 g/mol. The lowest BCUT2D eigenvalue weighted by molar-refractivity contribution is -0.121. The molecule has 0 aliphatic carbocycles. The monoisotopic (exact) mass is 235 g/mol. The Morgan fingerprint density at radius 2 is 1.94 bits per heavy atom. The molecule has 0 spiro atoms. The fraction of sp³-hybridized carbons (Fsp3) is 0.385. The highest BCUT2D eigenvalue weighted by atomic mass is 16.5. The number of amides is 1. The largest absolute Gasteiger partial charge is 0.465 e. The summed E-state index contributed by atoms with van der Waals surface area (Å²) in [5.74, 6) is -0.481. The number of ether oxygens (including phenoxy) is 1. The second-order valence-corrected chi connectivity index (χ2v) is 4.09. The lowest BCUT2D eigenvalue weighted by Gasteiger charge is -2.19. The fourth-order valence-corrected chi connectivity index (χ4v) is 1.47. The van der Waals surface area contributed by atoms with Crippen LogP contribution in [-0.2, 0) is 9.53 Å². The van der Waals surface area contributed by atoms with Crippen molar-refractivity contribution < 1.29 is 14.3 Å². The second kappa shape index (κ2) is 5.48. The molecule has 1 amide bonds. The van der Waals surface area contributed by atoms with Crippen molar-refractivity contribution >= 4 is 17.6 Å². The molecular formula is C13H17NO3. The summed E-state index contributed by atoms with van der Waals surface area (Å²) in [7, 11) is 3.02. The summed E-state index contributed by atoms with van der Waals surface area (Å²) in [6, 6.07) is 6.81. The standard InChI is InChI=1S/C13H17NO3/c1-9(2)12(15)14(3)11-7-5-6-10(8-11)13(16)17-4/h5-9H,1-4H3. The van der Waals surface area contributed by atoms with Crippen LogP contribution in [0.3, 0.4) is 0 Å². The van der Waals surface area contributed by atoms with E-state index in [-0.39, 0.29) is 11.8 Å². The van der Waals surface area contributed by atoms with Gasteiger partial charge in [-0.15, -0.1) is 0 Å². The zero-order valence-corrected chi connectivity index (χ0v) is 10.6. The van der Waals surface area contributed by atoms with E-state index in [1.165, 1.54) is 12.0 Å². The van der Waals surface area contributed by atoms with E-state index in [0.717, 1.165) is 0 Å². The molecule has 0 fully saturated rings. The van der Waals surface area contributed by atoms with Gasteiger partial charge < -0.3 is 9.64 Å². The molecule has 0 bridgehead atoms. The van der Waals surface area contributed by atoms with Crippen molar-refractivity contribution in [2.45, 2.75) is 13.8 Å². The lowest BCUT2D eigenvalue weighted by Crippen LogP contribution is -2.30. The van der Waals surface area contributed by atoms with E-state index in [4.69, 9.17) is 0 Å². The number of nitrogens with zero attached hydrogens (tertiary/aromatic N) is 1. The van der Waals surface area contributed by atoms with E-state index in [0.29, 0.717) is 11.3 Å². The Labute approximate surface area is 101 Å². The molecule has 0 aliphatic rings. The number of hydrogen-bond acceptors (Lipinski definition) is 3. The van der Waals surface area contributed by atoms with Gasteiger partial charge in [0.25, 0.3) is 0 Å². The molecule has 0 N–H and O–H groups in total. The Morgan fingerprint density at radius 3 is 2.47 bits per heavy atom. The molecule has 1 aromatic rings. The van der Waals surface area contributed by atoms with Gasteiger partial charge in [-0.05, 0) is 18.2 Å². The molecule has 0 aliphatic heterocycles. The molecule has 4 nitrogen and oxygen atoms in total. The normalized spacial score (nSPS) is 10.2. The first-order chi connectivity index (χ1) is 7.97. The Bertz CT molecular complexity index is 426. The van der Waals surface area contributed by atoms with Crippen molar-refractivity contribution in [2.75, 3.05) is 19.1 Å². The predicted octanol–water partition coefficient (Wildman–Crippen LogP) is 2.09. The molecule has 92 valence electrons. The molecule has 0 saturated heterocycles. The van der Waals surface area contributed by atoms with Gasteiger partial charge in [0.15, 0.2) is 0 Å². The first-order valence-electron chi connectivity index (χ1n) is 5.43. The number of methoxy groups -OCH3 is 1. The summed E-state index contributed by atoms with van der Waals surface area (Å²) in [6.07, 6.45) is 0. The predicted molar refractivity (Wildman–Crippen MR) is 66.0 cm³/mol. The van der Waals surface area contributed by atoms with Crippen molar-refractivity contribution in [2.24, 2.45) is 5.92 Å². The summed E-state index contributed by atoms with van der Waals surface area (Å²) in [6.45, 7) is 3.67. The molecule has 0 unspecified atom stereocenters. The highest BCUT2D eigenvalue weighted by molar-refractivity contribution is 5.96. The van der Waals surface area contributed by atoms with Crippen LogP contribution >= 0.6 is 0 Å². The number of carbonyl (C=O) groups is 2. The van der Waals surface area contributed by atoms with Crippen molar-refractivity contribution in [3.63, 3.8) is 0 Å². The Balaban J connectivity index is 2.99. The minimum absolute atomic E-state index is 0.00650. The van der Waals surface area contributed by atoms with Crippen LogP contribution < -0.4 is 4.90 Å². The second-order valence-electron chi connectivity index (χ2n) is 4.09. The van der Waals surface area contributed by atoms with Crippen LogP contribution in [0.5, 0.6) is 0 Å². The molecular weight excluding hydrogens is 218 g/mol. The van der Waals surface area contributed by atoms with Crippen LogP contribution in [0.1, 0.15) is 24.2 Å². The molecule has 17 heavy (non-hydrogen) atoms.